The molecular weight excluding hydrogens is 1160 g/mol. The summed E-state index contributed by atoms with van der Waals surface area (Å²) in [6.45, 7) is -0.418. The van der Waals surface area contributed by atoms with E-state index in [0.29, 0.717) is 0 Å². The highest BCUT2D eigenvalue weighted by Gasteiger charge is 2.50. The van der Waals surface area contributed by atoms with Crippen LogP contribution >= 0.6 is 11.8 Å². The molecule has 0 saturated heterocycles. The summed E-state index contributed by atoms with van der Waals surface area (Å²) in [7, 11) is 0. The third kappa shape index (κ3) is 8.48. The van der Waals surface area contributed by atoms with Crippen molar-refractivity contribution in [3.05, 3.63) is 356 Å². The lowest BCUT2D eigenvalue weighted by molar-refractivity contribution is 0.478. The zero-order valence-corrected chi connectivity index (χ0v) is 51.9. The minimum absolute atomic E-state index is 0.180. The second kappa shape index (κ2) is 22.1. The van der Waals surface area contributed by atoms with Crippen LogP contribution in [0.5, 0.6) is 11.5 Å². The van der Waals surface area contributed by atoms with Crippen molar-refractivity contribution in [2.45, 2.75) is 15.7 Å². The van der Waals surface area contributed by atoms with Gasteiger partial charge in [0.25, 0.3) is 6.71 Å². The van der Waals surface area contributed by atoms with Gasteiger partial charge in [0.15, 0.2) is 0 Å². The average Bonchev–Trinajstić information content (AvgIpc) is 0.686. The first-order valence-electron chi connectivity index (χ1n) is 32.3. The largest absolute Gasteiger partial charge is 0.458 e. The molecule has 5 heterocycles. The lowest BCUT2D eigenvalue weighted by atomic mass is 9.31. The first kappa shape index (κ1) is 54.1. The van der Waals surface area contributed by atoms with Gasteiger partial charge in [0.05, 0.1) is 17.1 Å². The van der Waals surface area contributed by atoms with Crippen LogP contribution in [0.2, 0.25) is 0 Å². The molecule has 94 heavy (non-hydrogen) atoms. The van der Waals surface area contributed by atoms with Crippen LogP contribution in [0.1, 0.15) is 22.6 Å². The van der Waals surface area contributed by atoms with Crippen molar-refractivity contribution in [2.24, 2.45) is 0 Å². The number of benzene rings is 14. The number of rotatable bonds is 10. The van der Waals surface area contributed by atoms with Gasteiger partial charge in [-0.25, -0.2) is 0 Å². The second-order valence-electron chi connectivity index (χ2n) is 24.6. The van der Waals surface area contributed by atoms with Gasteiger partial charge in [-0.2, -0.15) is 0 Å². The van der Waals surface area contributed by atoms with Crippen LogP contribution in [0.25, 0.3) is 0 Å². The molecule has 0 N–H and O–H groups in total. The molecule has 0 amide bonds. The summed E-state index contributed by atoms with van der Waals surface area (Å²) in [5.74, 6) is 1.44. The lowest BCUT2D eigenvalue weighted by Crippen LogP contribution is -2.64. The Morgan fingerprint density at radius 3 is 1.12 bits per heavy atom. The molecule has 0 fully saturated rings. The molecule has 0 atom stereocenters. The van der Waals surface area contributed by atoms with E-state index >= 15 is 0 Å². The summed E-state index contributed by atoms with van der Waals surface area (Å²) in [5, 5.41) is 0. The van der Waals surface area contributed by atoms with Crippen LogP contribution in [0.4, 0.5) is 85.3 Å². The fraction of sp³-hybridized carbons (Fsp3) is 0.0118. The first-order valence-corrected chi connectivity index (χ1v) is 33.2. The summed E-state index contributed by atoms with van der Waals surface area (Å²) < 4.78 is 8.30. The fourth-order valence-corrected chi connectivity index (χ4v) is 17.1. The van der Waals surface area contributed by atoms with Gasteiger partial charge in [-0.1, -0.05) is 223 Å². The Kier molecular flexibility index (Phi) is 12.7. The topological polar surface area (TPSA) is 25.4 Å². The van der Waals surface area contributed by atoms with E-state index in [1.807, 2.05) is 11.8 Å². The standard InChI is InChI=1S/C85H57B2N5OS/c1-8-30-57(31-9-1)88(58-32-10-2-11-33-58)64-52-76-82-78(54-64)93-84-70(86(82)68-46-24-28-50-74(68)91(76)62-40-18-6-19-41-62)56-71-85(81(84)80-66-44-22-26-48-72(66)90(61-38-16-5-17-39-61)73-49-27-23-45-67(73)80)94-79-55-65(89(59-34-12-3-13-35-59)60-36-14-4-15-37-60)53-77-83(79)87(71)69-47-25-29-51-75(69)92(77)63-42-20-7-21-43-63/h1-56,80H. The minimum atomic E-state index is -0.286. The molecule has 440 valence electrons. The maximum absolute atomic E-state index is 8.30. The van der Waals surface area contributed by atoms with Crippen molar-refractivity contribution >= 4 is 143 Å². The smallest absolute Gasteiger partial charge is 0.256 e. The molecule has 0 saturated carbocycles. The Labute approximate surface area is 552 Å². The third-order valence-corrected chi connectivity index (χ3v) is 20.7. The Balaban J connectivity index is 0.941. The van der Waals surface area contributed by atoms with E-state index in [0.717, 1.165) is 113 Å². The van der Waals surface area contributed by atoms with Crippen LogP contribution in [-0.2, 0) is 0 Å². The van der Waals surface area contributed by atoms with Gasteiger partial charge >= 0.3 is 0 Å². The third-order valence-electron chi connectivity index (χ3n) is 19.5. The number of anilines is 15. The number of para-hydroxylation sites is 11. The van der Waals surface area contributed by atoms with Gasteiger partial charge in [-0.3, -0.25) is 0 Å². The Morgan fingerprint density at radius 1 is 0.298 bits per heavy atom. The van der Waals surface area contributed by atoms with Gasteiger partial charge in [-0.05, 0) is 166 Å². The summed E-state index contributed by atoms with van der Waals surface area (Å²) in [6.07, 6.45) is 0. The predicted octanol–water partition coefficient (Wildman–Crippen LogP) is 18.8. The highest BCUT2D eigenvalue weighted by molar-refractivity contribution is 8.00. The van der Waals surface area contributed by atoms with Crippen molar-refractivity contribution in [2.75, 3.05) is 24.5 Å². The van der Waals surface area contributed by atoms with Crippen LogP contribution in [0.15, 0.2) is 350 Å². The van der Waals surface area contributed by atoms with E-state index < -0.39 is 0 Å². The maximum atomic E-state index is 8.30. The van der Waals surface area contributed by atoms with Gasteiger partial charge in [0.2, 0.25) is 6.71 Å². The van der Waals surface area contributed by atoms with E-state index in [-0.39, 0.29) is 19.3 Å². The van der Waals surface area contributed by atoms with Crippen LogP contribution in [0.3, 0.4) is 0 Å². The lowest BCUT2D eigenvalue weighted by Gasteiger charge is -2.45. The molecule has 0 aromatic heterocycles. The average molecular weight is 1220 g/mol. The van der Waals surface area contributed by atoms with Crippen LogP contribution < -0.4 is 62.0 Å². The molecule has 6 nitrogen and oxygen atoms in total. The van der Waals surface area contributed by atoms with Gasteiger partial charge in [0.1, 0.15) is 11.5 Å². The molecule has 0 aliphatic carbocycles. The van der Waals surface area contributed by atoms with E-state index in [9.17, 15) is 0 Å². The van der Waals surface area contributed by atoms with Gasteiger partial charge in [0, 0.05) is 95.6 Å². The normalized spacial score (nSPS) is 13.4. The molecule has 5 aliphatic heterocycles. The molecule has 14 aromatic carbocycles. The molecule has 9 heteroatoms. The predicted molar refractivity (Wildman–Crippen MR) is 394 cm³/mol. The summed E-state index contributed by atoms with van der Waals surface area (Å²) in [5.41, 5.74) is 27.3. The number of nitrogens with zero attached hydrogens (tertiary/aromatic N) is 5. The van der Waals surface area contributed by atoms with Crippen molar-refractivity contribution in [3.63, 3.8) is 0 Å². The van der Waals surface area contributed by atoms with Crippen LogP contribution in [-0.4, -0.2) is 13.4 Å². The van der Waals surface area contributed by atoms with E-state index in [4.69, 9.17) is 4.74 Å². The quantitative estimate of drug-likeness (QED) is 0.126. The molecule has 0 radical (unpaired) electrons. The molecule has 5 aliphatic rings. The zero-order valence-electron chi connectivity index (χ0n) is 51.1. The summed E-state index contributed by atoms with van der Waals surface area (Å²) in [4.78, 5) is 14.7. The van der Waals surface area contributed by atoms with E-state index in [1.165, 1.54) is 42.8 Å². The van der Waals surface area contributed by atoms with Crippen molar-refractivity contribution in [1.29, 1.82) is 0 Å². The molecule has 0 bridgehead atoms. The van der Waals surface area contributed by atoms with Crippen molar-refractivity contribution < 1.29 is 4.74 Å². The Bertz CT molecular complexity index is 4880. The SMILES string of the molecule is c1ccc(N(c2ccccc2)c2cc3c4c(c2)N(c2ccccc2)c2ccccc2B4c2cc4c(c(C5c6ccccc6N(c6ccccc6)c6ccccc65)c2O3)Sc2cc(N(c3ccccc3)c3ccccc3)cc3c2B4c2ccccc2N3c2ccccc2)cc1. The van der Waals surface area contributed by atoms with Crippen molar-refractivity contribution in [1.82, 2.24) is 0 Å². The molecule has 0 unspecified atom stereocenters. The minimum Gasteiger partial charge on any atom is -0.458 e. The number of hydrogen-bond acceptors (Lipinski definition) is 7. The monoisotopic (exact) mass is 1220 g/mol. The van der Waals surface area contributed by atoms with E-state index in [1.54, 1.807) is 0 Å². The highest BCUT2D eigenvalue weighted by atomic mass is 32.2. The molecule has 19 rings (SSSR count). The molecule has 0 spiro atoms. The van der Waals surface area contributed by atoms with Gasteiger partial charge in [-0.15, -0.1) is 0 Å². The summed E-state index contributed by atoms with van der Waals surface area (Å²) in [6, 6.07) is 125. The second-order valence-corrected chi connectivity index (χ2v) is 25.7. The van der Waals surface area contributed by atoms with E-state index in [2.05, 4.69) is 364 Å². The number of fused-ring (bicyclic) bond motifs is 10. The summed E-state index contributed by atoms with van der Waals surface area (Å²) >= 11 is 1.91. The molecule has 14 aromatic rings. The van der Waals surface area contributed by atoms with Gasteiger partial charge < -0.3 is 29.2 Å². The Hall–Kier alpha value is -11.6. The van der Waals surface area contributed by atoms with Crippen molar-refractivity contribution in [3.8, 4) is 11.5 Å². The molecular formula is C85H57B2N5OS. The number of ether oxygens (including phenoxy) is 1. The highest BCUT2D eigenvalue weighted by Crippen LogP contribution is 2.58. The number of hydrogen-bond donors (Lipinski definition) is 0. The van der Waals surface area contributed by atoms with Crippen LogP contribution in [0, 0.1) is 0 Å². The zero-order chi connectivity index (χ0) is 61.8. The Morgan fingerprint density at radius 2 is 0.660 bits per heavy atom. The first-order chi connectivity index (χ1) is 46.7. The fourth-order valence-electron chi connectivity index (χ4n) is 15.8. The maximum Gasteiger partial charge on any atom is 0.256 e.